The molecule has 3 fully saturated rings. The van der Waals surface area contributed by atoms with Crippen LogP contribution in [0.2, 0.25) is 0 Å². The first kappa shape index (κ1) is 20.0. The van der Waals surface area contributed by atoms with Crippen molar-refractivity contribution in [3.05, 3.63) is 12.2 Å². The highest BCUT2D eigenvalue weighted by atomic mass is 14.6. The molecule has 3 saturated carbocycles. The Balaban J connectivity index is 1.48. The summed E-state index contributed by atoms with van der Waals surface area (Å²) < 4.78 is 0. The first-order valence-corrected chi connectivity index (χ1v) is 12.5. The smallest absolute Gasteiger partial charge is 0.00872 e. The summed E-state index contributed by atoms with van der Waals surface area (Å²) in [5.74, 6) is 6.85. The molecule has 0 aromatic heterocycles. The quantitative estimate of drug-likeness (QED) is 0.427. The Labute approximate surface area is 170 Å². The Hall–Kier alpha value is -0.260. The van der Waals surface area contributed by atoms with Gasteiger partial charge in [0, 0.05) is 0 Å². The van der Waals surface area contributed by atoms with Gasteiger partial charge < -0.3 is 0 Å². The zero-order valence-electron chi connectivity index (χ0n) is 19.0. The van der Waals surface area contributed by atoms with Crippen molar-refractivity contribution >= 4 is 0 Å². The number of hydrogen-bond donors (Lipinski definition) is 0. The molecule has 4 aliphatic carbocycles. The molecule has 0 saturated heterocycles. The molecule has 0 aliphatic heterocycles. The highest BCUT2D eigenvalue weighted by molar-refractivity contribution is 5.15. The van der Waals surface area contributed by atoms with E-state index in [2.05, 4.69) is 46.8 Å². The van der Waals surface area contributed by atoms with Crippen LogP contribution in [0.1, 0.15) is 105 Å². The van der Waals surface area contributed by atoms with E-state index in [9.17, 15) is 0 Å². The molecule has 0 aromatic rings. The van der Waals surface area contributed by atoms with Gasteiger partial charge in [0.25, 0.3) is 0 Å². The molecule has 0 unspecified atom stereocenters. The van der Waals surface area contributed by atoms with Gasteiger partial charge >= 0.3 is 0 Å². The van der Waals surface area contributed by atoms with Gasteiger partial charge in [-0.15, -0.1) is 0 Å². The standard InChI is InChI=1S/C27H46/c1-19(2)9-8-10-20(3)23-14-15-24-22-13-12-21-11-6-7-17-26(21,4)25(22)16-18-27(23,24)5/h7,17,19-25H,6,8-16,18H2,1-5H3/t20-,21+,22+,23-,24+,25+,26+,27-/m1/s1. The molecule has 4 aliphatic rings. The average Bonchev–Trinajstić information content (AvgIpc) is 2.98. The fourth-order valence-corrected chi connectivity index (χ4v) is 8.84. The zero-order valence-corrected chi connectivity index (χ0v) is 19.0. The minimum Gasteiger partial charge on any atom is -0.0880 e. The Morgan fingerprint density at radius 2 is 1.70 bits per heavy atom. The largest absolute Gasteiger partial charge is 0.0880 e. The van der Waals surface area contributed by atoms with Gasteiger partial charge in [-0.1, -0.05) is 66.0 Å². The van der Waals surface area contributed by atoms with Crippen molar-refractivity contribution in [1.82, 2.24) is 0 Å². The Kier molecular flexibility index (Phi) is 5.59. The van der Waals surface area contributed by atoms with Gasteiger partial charge in [-0.05, 0) is 104 Å². The van der Waals surface area contributed by atoms with E-state index < -0.39 is 0 Å². The predicted octanol–water partition coefficient (Wildman–Crippen LogP) is 8.27. The molecule has 0 amide bonds. The highest BCUT2D eigenvalue weighted by Gasteiger charge is 2.59. The summed E-state index contributed by atoms with van der Waals surface area (Å²) in [5.41, 5.74) is 1.18. The third-order valence-electron chi connectivity index (χ3n) is 10.3. The molecule has 0 spiro atoms. The number of fused-ring (bicyclic) bond motifs is 5. The van der Waals surface area contributed by atoms with Crippen molar-refractivity contribution in [3.8, 4) is 0 Å². The van der Waals surface area contributed by atoms with Gasteiger partial charge in [0.2, 0.25) is 0 Å². The van der Waals surface area contributed by atoms with Crippen molar-refractivity contribution < 1.29 is 0 Å². The molecule has 0 heterocycles. The fourth-order valence-electron chi connectivity index (χ4n) is 8.84. The van der Waals surface area contributed by atoms with Gasteiger partial charge in [0.1, 0.15) is 0 Å². The van der Waals surface area contributed by atoms with Crippen molar-refractivity contribution in [1.29, 1.82) is 0 Å². The molecule has 4 rings (SSSR count). The van der Waals surface area contributed by atoms with Crippen molar-refractivity contribution in [2.75, 3.05) is 0 Å². The molecule has 0 heteroatoms. The second-order valence-electron chi connectivity index (χ2n) is 12.0. The van der Waals surface area contributed by atoms with Crippen LogP contribution in [0.3, 0.4) is 0 Å². The van der Waals surface area contributed by atoms with E-state index in [1.54, 1.807) is 12.8 Å². The van der Waals surface area contributed by atoms with Gasteiger partial charge in [0.05, 0.1) is 0 Å². The van der Waals surface area contributed by atoms with Crippen LogP contribution in [-0.4, -0.2) is 0 Å². The molecule has 0 N–H and O–H groups in total. The van der Waals surface area contributed by atoms with Crippen LogP contribution in [0, 0.1) is 52.3 Å². The number of hydrogen-bond acceptors (Lipinski definition) is 0. The Bertz CT molecular complexity index is 544. The number of rotatable bonds is 5. The molecular formula is C27H46. The van der Waals surface area contributed by atoms with E-state index in [4.69, 9.17) is 0 Å². The van der Waals surface area contributed by atoms with Crippen LogP contribution in [0.5, 0.6) is 0 Å². The molecule has 8 atom stereocenters. The van der Waals surface area contributed by atoms with Gasteiger partial charge in [-0.25, -0.2) is 0 Å². The summed E-state index contributed by atoms with van der Waals surface area (Å²) in [6.45, 7) is 12.8. The van der Waals surface area contributed by atoms with Crippen LogP contribution in [0.25, 0.3) is 0 Å². The van der Waals surface area contributed by atoms with Crippen LogP contribution >= 0.6 is 0 Å². The minimum atomic E-state index is 0.531. The van der Waals surface area contributed by atoms with E-state index in [0.717, 1.165) is 41.4 Å². The summed E-state index contributed by atoms with van der Waals surface area (Å²) in [5, 5.41) is 0. The monoisotopic (exact) mass is 370 g/mol. The first-order chi connectivity index (χ1) is 12.9. The lowest BCUT2D eigenvalue weighted by Crippen LogP contribution is -2.52. The fraction of sp³-hybridized carbons (Fsp3) is 0.926. The molecule has 0 bridgehead atoms. The summed E-state index contributed by atoms with van der Waals surface area (Å²) in [6.07, 6.45) is 21.5. The van der Waals surface area contributed by atoms with E-state index in [1.165, 1.54) is 57.8 Å². The third-order valence-corrected chi connectivity index (χ3v) is 10.3. The average molecular weight is 371 g/mol. The minimum absolute atomic E-state index is 0.531. The molecule has 154 valence electrons. The lowest BCUT2D eigenvalue weighted by atomic mass is 9.45. The zero-order chi connectivity index (χ0) is 19.2. The lowest BCUT2D eigenvalue weighted by Gasteiger charge is -2.59. The molecule has 27 heavy (non-hydrogen) atoms. The van der Waals surface area contributed by atoms with E-state index in [-0.39, 0.29) is 0 Å². The summed E-state index contributed by atoms with van der Waals surface area (Å²) >= 11 is 0. The number of allylic oxidation sites excluding steroid dienone is 2. The maximum Gasteiger partial charge on any atom is -0.00872 e. The third kappa shape index (κ3) is 3.36. The maximum absolute atomic E-state index is 2.73. The van der Waals surface area contributed by atoms with Crippen LogP contribution in [0.4, 0.5) is 0 Å². The molecular weight excluding hydrogens is 324 g/mol. The lowest BCUT2D eigenvalue weighted by molar-refractivity contribution is -0.0845. The Morgan fingerprint density at radius 1 is 0.889 bits per heavy atom. The second kappa shape index (κ2) is 7.53. The molecule has 0 radical (unpaired) electrons. The van der Waals surface area contributed by atoms with E-state index in [0.29, 0.717) is 10.8 Å². The normalized spacial score (nSPS) is 47.4. The molecule has 0 nitrogen and oxygen atoms in total. The van der Waals surface area contributed by atoms with Crippen LogP contribution in [-0.2, 0) is 0 Å². The van der Waals surface area contributed by atoms with Crippen molar-refractivity contribution in [2.24, 2.45) is 52.3 Å². The van der Waals surface area contributed by atoms with Gasteiger partial charge in [0.15, 0.2) is 0 Å². The summed E-state index contributed by atoms with van der Waals surface area (Å²) in [6, 6.07) is 0. The van der Waals surface area contributed by atoms with Crippen molar-refractivity contribution in [3.63, 3.8) is 0 Å². The van der Waals surface area contributed by atoms with Gasteiger partial charge in [-0.2, -0.15) is 0 Å². The Morgan fingerprint density at radius 3 is 2.48 bits per heavy atom. The summed E-state index contributed by atoms with van der Waals surface area (Å²) in [4.78, 5) is 0. The maximum atomic E-state index is 2.73. The second-order valence-corrected chi connectivity index (χ2v) is 12.0. The van der Waals surface area contributed by atoms with E-state index >= 15 is 0 Å². The highest BCUT2D eigenvalue weighted by Crippen LogP contribution is 2.67. The first-order valence-electron chi connectivity index (χ1n) is 12.5. The predicted molar refractivity (Wildman–Crippen MR) is 118 cm³/mol. The molecule has 0 aromatic carbocycles. The van der Waals surface area contributed by atoms with Crippen LogP contribution < -0.4 is 0 Å². The summed E-state index contributed by atoms with van der Waals surface area (Å²) in [7, 11) is 0. The van der Waals surface area contributed by atoms with Crippen molar-refractivity contribution in [2.45, 2.75) is 105 Å². The van der Waals surface area contributed by atoms with Gasteiger partial charge in [-0.3, -0.25) is 0 Å². The van der Waals surface area contributed by atoms with Crippen LogP contribution in [0.15, 0.2) is 12.2 Å². The SMILES string of the molecule is CC(C)CCC[C@@H](C)[C@H]1CC[C@H]2[C@@H]3CC[C@@H]4CCC=C[C@]4(C)[C@H]3CC[C@]12C. The van der Waals surface area contributed by atoms with E-state index in [1.807, 2.05) is 0 Å². The topological polar surface area (TPSA) is 0 Å².